The van der Waals surface area contributed by atoms with Crippen molar-refractivity contribution in [3.63, 3.8) is 0 Å². The van der Waals surface area contributed by atoms with Gasteiger partial charge in [0.15, 0.2) is 11.5 Å². The number of benzene rings is 3. The van der Waals surface area contributed by atoms with E-state index >= 15 is 0 Å². The Bertz CT molecular complexity index is 1090. The van der Waals surface area contributed by atoms with Crippen LogP contribution in [0.1, 0.15) is 16.7 Å². The van der Waals surface area contributed by atoms with Crippen LogP contribution in [0.5, 0.6) is 11.5 Å². The van der Waals surface area contributed by atoms with E-state index in [9.17, 15) is 0 Å². The van der Waals surface area contributed by atoms with Gasteiger partial charge in [-0.15, -0.1) is 0 Å². The van der Waals surface area contributed by atoms with Gasteiger partial charge in [0.2, 0.25) is 0 Å². The van der Waals surface area contributed by atoms with E-state index in [0.29, 0.717) is 42.6 Å². The first-order valence-corrected chi connectivity index (χ1v) is 11.3. The molecule has 3 aromatic rings. The van der Waals surface area contributed by atoms with E-state index in [-0.39, 0.29) is 6.61 Å². The van der Waals surface area contributed by atoms with E-state index in [2.05, 4.69) is 26.5 Å². The molecule has 0 spiro atoms. The highest BCUT2D eigenvalue weighted by Gasteiger charge is 2.13. The minimum atomic E-state index is 0.262. The first-order valence-electron chi connectivity index (χ1n) is 9.02. The van der Waals surface area contributed by atoms with E-state index in [4.69, 9.17) is 55.9 Å². The Morgan fingerprint density at radius 3 is 2.42 bits per heavy atom. The first kappa shape index (κ1) is 24.0. The molecule has 3 rings (SSSR count). The molecule has 0 saturated heterocycles. The monoisotopic (exact) mass is 560 g/mol. The highest BCUT2D eigenvalue weighted by Crippen LogP contribution is 2.37. The minimum absolute atomic E-state index is 0.262. The predicted octanol–water partition coefficient (Wildman–Crippen LogP) is 7.77. The van der Waals surface area contributed by atoms with Gasteiger partial charge in [-0.3, -0.25) is 0 Å². The summed E-state index contributed by atoms with van der Waals surface area (Å²) in [7, 11) is 1.57. The topological polar surface area (TPSA) is 42.8 Å². The molecule has 0 radical (unpaired) electrons. The Labute approximate surface area is 209 Å². The number of methoxy groups -OCH3 is 1. The summed E-state index contributed by atoms with van der Waals surface area (Å²) >= 11 is 28.0. The molecule has 0 heterocycles. The molecule has 1 N–H and O–H groups in total. The van der Waals surface area contributed by atoms with Gasteiger partial charge in [-0.1, -0.05) is 58.5 Å². The summed E-state index contributed by atoms with van der Waals surface area (Å²) in [6.45, 7) is 0.662. The fourth-order valence-corrected chi connectivity index (χ4v) is 4.26. The van der Waals surface area contributed by atoms with Gasteiger partial charge in [-0.25, -0.2) is 0 Å². The van der Waals surface area contributed by atoms with Crippen molar-refractivity contribution in [3.05, 3.63) is 89.8 Å². The standard InChI is InChI=1S/C22H17BrCl4N2O2/c1-30-21-8-13(10-28-29-11-16-18(25)3-2-4-19(16)26)7-17(23)22(21)31-12-14-5-6-15(24)9-20(14)27/h2-10,29H,11-12H2,1H3/b28-10+. The molecule has 0 atom stereocenters. The van der Waals surface area contributed by atoms with Crippen LogP contribution in [0.15, 0.2) is 58.1 Å². The number of hydrazone groups is 1. The van der Waals surface area contributed by atoms with Crippen LogP contribution in [-0.4, -0.2) is 13.3 Å². The fourth-order valence-electron chi connectivity index (χ4n) is 2.69. The van der Waals surface area contributed by atoms with Gasteiger partial charge >= 0.3 is 0 Å². The Morgan fingerprint density at radius 2 is 1.74 bits per heavy atom. The van der Waals surface area contributed by atoms with Crippen molar-refractivity contribution in [2.24, 2.45) is 5.10 Å². The first-order chi connectivity index (χ1) is 14.9. The third kappa shape index (κ3) is 6.43. The molecule has 3 aromatic carbocycles. The van der Waals surface area contributed by atoms with Crippen molar-refractivity contribution >= 4 is 68.5 Å². The lowest BCUT2D eigenvalue weighted by Crippen LogP contribution is -2.07. The summed E-state index contributed by atoms with van der Waals surface area (Å²) in [5.74, 6) is 1.11. The number of halogens is 5. The molecule has 0 aliphatic heterocycles. The molecule has 0 bridgehead atoms. The minimum Gasteiger partial charge on any atom is -0.493 e. The second-order valence-corrected chi connectivity index (χ2v) is 8.86. The average molecular weight is 563 g/mol. The normalized spacial score (nSPS) is 11.0. The highest BCUT2D eigenvalue weighted by molar-refractivity contribution is 9.10. The fraction of sp³-hybridized carbons (Fsp3) is 0.136. The molecule has 0 aliphatic rings. The molecule has 4 nitrogen and oxygen atoms in total. The van der Waals surface area contributed by atoms with E-state index in [0.717, 1.165) is 16.7 Å². The smallest absolute Gasteiger partial charge is 0.175 e. The maximum atomic E-state index is 6.22. The lowest BCUT2D eigenvalue weighted by atomic mass is 10.2. The molecular formula is C22H17BrCl4N2O2. The number of rotatable bonds is 8. The van der Waals surface area contributed by atoms with E-state index in [1.807, 2.05) is 18.2 Å². The molecule has 162 valence electrons. The van der Waals surface area contributed by atoms with Crippen LogP contribution < -0.4 is 14.9 Å². The lowest BCUT2D eigenvalue weighted by molar-refractivity contribution is 0.282. The molecule has 0 saturated carbocycles. The molecule has 0 fully saturated rings. The largest absolute Gasteiger partial charge is 0.493 e. The maximum Gasteiger partial charge on any atom is 0.175 e. The van der Waals surface area contributed by atoms with Crippen LogP contribution in [0, 0.1) is 0 Å². The number of ether oxygens (including phenoxy) is 2. The molecule has 0 aromatic heterocycles. The van der Waals surface area contributed by atoms with E-state index < -0.39 is 0 Å². The molecule has 31 heavy (non-hydrogen) atoms. The highest BCUT2D eigenvalue weighted by atomic mass is 79.9. The maximum absolute atomic E-state index is 6.22. The van der Waals surface area contributed by atoms with E-state index in [1.165, 1.54) is 0 Å². The Balaban J connectivity index is 1.69. The second kappa shape index (κ2) is 11.3. The van der Waals surface area contributed by atoms with Gasteiger partial charge in [0.1, 0.15) is 6.61 Å². The van der Waals surface area contributed by atoms with Gasteiger partial charge in [-0.05, 0) is 57.9 Å². The van der Waals surface area contributed by atoms with Gasteiger partial charge in [0.05, 0.1) is 24.3 Å². The molecule has 0 aliphatic carbocycles. The Hall–Kier alpha value is -1.63. The second-order valence-electron chi connectivity index (χ2n) is 6.35. The van der Waals surface area contributed by atoms with Gasteiger partial charge < -0.3 is 14.9 Å². The van der Waals surface area contributed by atoms with Crippen molar-refractivity contribution in [3.8, 4) is 11.5 Å². The third-order valence-electron chi connectivity index (χ3n) is 4.26. The van der Waals surface area contributed by atoms with Crippen molar-refractivity contribution in [2.75, 3.05) is 7.11 Å². The Morgan fingerprint density at radius 1 is 1.00 bits per heavy atom. The van der Waals surface area contributed by atoms with Crippen molar-refractivity contribution in [2.45, 2.75) is 13.2 Å². The molecule has 9 heteroatoms. The summed E-state index contributed by atoms with van der Waals surface area (Å²) in [6.07, 6.45) is 1.66. The third-order valence-corrected chi connectivity index (χ3v) is 6.15. The van der Waals surface area contributed by atoms with Crippen molar-refractivity contribution < 1.29 is 9.47 Å². The van der Waals surface area contributed by atoms with Gasteiger partial charge in [0, 0.05) is 31.2 Å². The van der Waals surface area contributed by atoms with Gasteiger partial charge in [-0.2, -0.15) is 5.10 Å². The van der Waals surface area contributed by atoms with Gasteiger partial charge in [0.25, 0.3) is 0 Å². The summed E-state index contributed by atoms with van der Waals surface area (Å²) in [5.41, 5.74) is 5.35. The summed E-state index contributed by atoms with van der Waals surface area (Å²) in [4.78, 5) is 0. The molecule has 0 amide bonds. The number of hydrogen-bond donors (Lipinski definition) is 1. The van der Waals surface area contributed by atoms with Crippen LogP contribution >= 0.6 is 62.3 Å². The zero-order chi connectivity index (χ0) is 22.4. The van der Waals surface area contributed by atoms with Crippen LogP contribution in [0.2, 0.25) is 20.1 Å². The van der Waals surface area contributed by atoms with Crippen LogP contribution in [0.25, 0.3) is 0 Å². The SMILES string of the molecule is COc1cc(/C=N/NCc2c(Cl)cccc2Cl)cc(Br)c1OCc1ccc(Cl)cc1Cl. The van der Waals surface area contributed by atoms with Crippen LogP contribution in [0.3, 0.4) is 0 Å². The Kier molecular flexibility index (Phi) is 8.76. The zero-order valence-electron chi connectivity index (χ0n) is 16.3. The lowest BCUT2D eigenvalue weighted by Gasteiger charge is -2.14. The number of nitrogens with zero attached hydrogens (tertiary/aromatic N) is 1. The van der Waals surface area contributed by atoms with Crippen molar-refractivity contribution in [1.82, 2.24) is 5.43 Å². The van der Waals surface area contributed by atoms with Crippen molar-refractivity contribution in [1.29, 1.82) is 0 Å². The zero-order valence-corrected chi connectivity index (χ0v) is 20.9. The number of nitrogens with one attached hydrogen (secondary N) is 1. The van der Waals surface area contributed by atoms with Crippen LogP contribution in [-0.2, 0) is 13.2 Å². The summed E-state index contributed by atoms with van der Waals surface area (Å²) in [5, 5.41) is 6.52. The summed E-state index contributed by atoms with van der Waals surface area (Å²) in [6, 6.07) is 14.3. The molecule has 0 unspecified atom stereocenters. The predicted molar refractivity (Wildman–Crippen MR) is 132 cm³/mol. The quantitative estimate of drug-likeness (QED) is 0.225. The molecular weight excluding hydrogens is 546 g/mol. The van der Waals surface area contributed by atoms with Crippen LogP contribution in [0.4, 0.5) is 0 Å². The summed E-state index contributed by atoms with van der Waals surface area (Å²) < 4.78 is 12.1. The number of hydrogen-bond acceptors (Lipinski definition) is 4. The average Bonchev–Trinajstić information content (AvgIpc) is 2.73. The van der Waals surface area contributed by atoms with E-state index in [1.54, 1.807) is 43.7 Å².